The van der Waals surface area contributed by atoms with Crippen molar-refractivity contribution < 1.29 is 19.7 Å². The number of carboxylic acids is 1. The molecule has 4 aromatic rings. The minimum absolute atomic E-state index is 0.114. The van der Waals surface area contributed by atoms with Crippen LogP contribution < -0.4 is 10.1 Å². The molecule has 0 bridgehead atoms. The first kappa shape index (κ1) is 26.0. The molecule has 0 fully saturated rings. The molecular weight excluding hydrogens is 440 g/mol. The van der Waals surface area contributed by atoms with Crippen molar-refractivity contribution in [1.82, 2.24) is 10.3 Å². The number of aliphatic hydroxyl groups is 1. The third-order valence-electron chi connectivity index (χ3n) is 5.39. The highest BCUT2D eigenvalue weighted by atomic mass is 16.5. The maximum absolute atomic E-state index is 11.0. The molecular formula is C29H34N2O4. The average molecular weight is 475 g/mol. The molecule has 0 aliphatic carbocycles. The number of hydrogen-bond acceptors (Lipinski definition) is 4. The highest BCUT2D eigenvalue weighted by Crippen LogP contribution is 2.33. The van der Waals surface area contributed by atoms with Crippen LogP contribution in [-0.2, 0) is 0 Å². The van der Waals surface area contributed by atoms with E-state index in [1.807, 2.05) is 54.7 Å². The molecule has 1 aromatic heterocycles. The van der Waals surface area contributed by atoms with E-state index in [1.54, 1.807) is 30.3 Å². The van der Waals surface area contributed by atoms with E-state index in [0.717, 1.165) is 40.7 Å². The van der Waals surface area contributed by atoms with Gasteiger partial charge in [-0.2, -0.15) is 0 Å². The van der Waals surface area contributed by atoms with Crippen molar-refractivity contribution in [3.63, 3.8) is 0 Å². The summed E-state index contributed by atoms with van der Waals surface area (Å²) in [4.78, 5) is 13.4. The van der Waals surface area contributed by atoms with E-state index in [2.05, 4.69) is 31.1 Å². The fourth-order valence-electron chi connectivity index (χ4n) is 3.65. The van der Waals surface area contributed by atoms with Crippen LogP contribution in [0.1, 0.15) is 54.8 Å². The molecule has 184 valence electrons. The number of para-hydroxylation sites is 1. The molecule has 0 radical (unpaired) electrons. The Morgan fingerprint density at radius 1 is 0.943 bits per heavy atom. The number of benzene rings is 3. The fourth-order valence-corrected chi connectivity index (χ4v) is 3.65. The number of H-pyrrole nitrogens is 1. The monoisotopic (exact) mass is 474 g/mol. The van der Waals surface area contributed by atoms with Crippen LogP contribution in [0, 0.1) is 0 Å². The molecule has 0 aliphatic rings. The summed E-state index contributed by atoms with van der Waals surface area (Å²) in [5.41, 5.74) is 3.15. The second kappa shape index (κ2) is 12.2. The number of fused-ring (bicyclic) bond motifs is 1. The molecule has 1 heterocycles. The van der Waals surface area contributed by atoms with Gasteiger partial charge in [-0.05, 0) is 69.6 Å². The van der Waals surface area contributed by atoms with Gasteiger partial charge in [-0.15, -0.1) is 0 Å². The predicted octanol–water partition coefficient (Wildman–Crippen LogP) is 5.79. The first-order chi connectivity index (χ1) is 16.8. The van der Waals surface area contributed by atoms with Crippen molar-refractivity contribution >= 4 is 16.9 Å². The van der Waals surface area contributed by atoms with Crippen LogP contribution in [0.25, 0.3) is 10.9 Å². The largest absolute Gasteiger partial charge is 0.493 e. The van der Waals surface area contributed by atoms with E-state index in [9.17, 15) is 9.90 Å². The summed E-state index contributed by atoms with van der Waals surface area (Å²) in [7, 11) is 0. The van der Waals surface area contributed by atoms with Crippen LogP contribution in [0.4, 0.5) is 0 Å². The quantitative estimate of drug-likeness (QED) is 0.243. The number of ether oxygens (including phenoxy) is 1. The maximum Gasteiger partial charge on any atom is 0.335 e. The maximum atomic E-state index is 11.0. The van der Waals surface area contributed by atoms with Gasteiger partial charge in [-0.1, -0.05) is 48.5 Å². The van der Waals surface area contributed by atoms with Gasteiger partial charge in [0.25, 0.3) is 0 Å². The Morgan fingerprint density at radius 2 is 1.63 bits per heavy atom. The fraction of sp³-hybridized carbons (Fsp3) is 0.276. The standard InChI is InChI=1S/C22H28N2O2.C7H6O2/c1-22(2,3)24-13-7-15-26-20-11-5-4-8-18(20)21(25)17-9-6-10-19-16(17)12-14-23-19;8-7(9)6-4-2-1-3-5-6/h4-6,8-12,14,21,23-25H,7,13,15H2,1-3H3;1-5H,(H,8,9). The first-order valence-electron chi connectivity index (χ1n) is 11.8. The summed E-state index contributed by atoms with van der Waals surface area (Å²) in [5, 5.41) is 23.9. The van der Waals surface area contributed by atoms with Gasteiger partial charge in [0, 0.05) is 28.2 Å². The van der Waals surface area contributed by atoms with Crippen LogP contribution in [0.2, 0.25) is 0 Å². The number of aromatic carboxylic acids is 1. The number of aromatic amines is 1. The molecule has 35 heavy (non-hydrogen) atoms. The summed E-state index contributed by atoms with van der Waals surface area (Å²) in [6, 6.07) is 23.9. The minimum Gasteiger partial charge on any atom is -0.493 e. The van der Waals surface area contributed by atoms with E-state index in [-0.39, 0.29) is 5.54 Å². The van der Waals surface area contributed by atoms with E-state index >= 15 is 0 Å². The van der Waals surface area contributed by atoms with Crippen molar-refractivity contribution in [3.05, 3.63) is 102 Å². The van der Waals surface area contributed by atoms with Crippen molar-refractivity contribution in [2.24, 2.45) is 0 Å². The predicted molar refractivity (Wildman–Crippen MR) is 140 cm³/mol. The summed E-state index contributed by atoms with van der Waals surface area (Å²) in [6.45, 7) is 7.97. The molecule has 4 N–H and O–H groups in total. The highest BCUT2D eigenvalue weighted by Gasteiger charge is 2.18. The number of nitrogens with one attached hydrogen (secondary N) is 2. The molecule has 0 saturated carbocycles. The van der Waals surface area contributed by atoms with E-state index in [1.165, 1.54) is 0 Å². The van der Waals surface area contributed by atoms with Gasteiger partial charge in [0.15, 0.2) is 0 Å². The number of aliphatic hydroxyl groups excluding tert-OH is 1. The molecule has 0 amide bonds. The summed E-state index contributed by atoms with van der Waals surface area (Å²) in [6.07, 6.45) is 2.08. The van der Waals surface area contributed by atoms with Crippen LogP contribution in [0.5, 0.6) is 5.75 Å². The van der Waals surface area contributed by atoms with Crippen molar-refractivity contribution in [2.75, 3.05) is 13.2 Å². The lowest BCUT2D eigenvalue weighted by molar-refractivity contribution is 0.0697. The Kier molecular flexibility index (Phi) is 9.06. The van der Waals surface area contributed by atoms with Crippen LogP contribution in [0.3, 0.4) is 0 Å². The van der Waals surface area contributed by atoms with Crippen molar-refractivity contribution in [1.29, 1.82) is 0 Å². The molecule has 0 saturated heterocycles. The van der Waals surface area contributed by atoms with Gasteiger partial charge in [0.05, 0.1) is 12.2 Å². The smallest absolute Gasteiger partial charge is 0.335 e. The zero-order valence-electron chi connectivity index (χ0n) is 20.5. The number of carboxylic acid groups (broad SMARTS) is 1. The van der Waals surface area contributed by atoms with E-state index in [4.69, 9.17) is 9.84 Å². The average Bonchev–Trinajstić information content (AvgIpc) is 3.33. The van der Waals surface area contributed by atoms with Gasteiger partial charge < -0.3 is 25.3 Å². The number of rotatable bonds is 8. The topological polar surface area (TPSA) is 94.6 Å². The molecule has 0 aliphatic heterocycles. The summed E-state index contributed by atoms with van der Waals surface area (Å²) >= 11 is 0. The molecule has 6 nitrogen and oxygen atoms in total. The highest BCUT2D eigenvalue weighted by molar-refractivity contribution is 5.87. The van der Waals surface area contributed by atoms with Crippen LogP contribution in [-0.4, -0.2) is 39.9 Å². The van der Waals surface area contributed by atoms with Gasteiger partial charge >= 0.3 is 5.97 Å². The lowest BCUT2D eigenvalue weighted by Gasteiger charge is -2.21. The molecule has 3 aromatic carbocycles. The third-order valence-corrected chi connectivity index (χ3v) is 5.39. The normalized spacial score (nSPS) is 12.0. The van der Waals surface area contributed by atoms with Crippen molar-refractivity contribution in [3.8, 4) is 5.75 Å². The Balaban J connectivity index is 0.000000320. The second-order valence-electron chi connectivity index (χ2n) is 9.28. The van der Waals surface area contributed by atoms with Gasteiger partial charge in [-0.3, -0.25) is 0 Å². The lowest BCUT2D eigenvalue weighted by Crippen LogP contribution is -2.36. The minimum atomic E-state index is -0.879. The van der Waals surface area contributed by atoms with Crippen LogP contribution in [0.15, 0.2) is 85.1 Å². The zero-order valence-corrected chi connectivity index (χ0v) is 20.5. The van der Waals surface area contributed by atoms with Crippen LogP contribution >= 0.6 is 0 Å². The number of hydrogen-bond donors (Lipinski definition) is 4. The summed E-state index contributed by atoms with van der Waals surface area (Å²) < 4.78 is 5.98. The Morgan fingerprint density at radius 3 is 2.31 bits per heavy atom. The van der Waals surface area contributed by atoms with Gasteiger partial charge in [-0.25, -0.2) is 4.79 Å². The third kappa shape index (κ3) is 7.70. The zero-order chi connectivity index (χ0) is 25.3. The molecule has 4 rings (SSSR count). The number of aromatic nitrogens is 1. The summed E-state index contributed by atoms with van der Waals surface area (Å²) in [5.74, 6) is -0.140. The Labute approximate surface area is 206 Å². The molecule has 0 spiro atoms. The van der Waals surface area contributed by atoms with E-state index in [0.29, 0.717) is 12.2 Å². The number of carbonyl (C=O) groups is 1. The lowest BCUT2D eigenvalue weighted by atomic mass is 9.98. The Hall–Kier alpha value is -3.61. The first-order valence-corrected chi connectivity index (χ1v) is 11.8. The molecule has 1 unspecified atom stereocenters. The van der Waals surface area contributed by atoms with E-state index < -0.39 is 12.1 Å². The van der Waals surface area contributed by atoms with Gasteiger partial charge in [0.1, 0.15) is 11.9 Å². The van der Waals surface area contributed by atoms with Gasteiger partial charge in [0.2, 0.25) is 0 Å². The molecule has 1 atom stereocenters. The SMILES string of the molecule is CC(C)(C)NCCCOc1ccccc1C(O)c1cccc2[nH]ccc12.O=C(O)c1ccccc1. The van der Waals surface area contributed by atoms with Crippen molar-refractivity contribution in [2.45, 2.75) is 38.8 Å². The molecule has 6 heteroatoms. The Bertz CT molecular complexity index is 1210. The second-order valence-corrected chi connectivity index (χ2v) is 9.28.